The average molecular weight is 358 g/mol. The number of imidazole rings is 1. The van der Waals surface area contributed by atoms with Crippen molar-refractivity contribution in [3.8, 4) is 0 Å². The summed E-state index contributed by atoms with van der Waals surface area (Å²) in [4.78, 5) is 4.58. The maximum atomic E-state index is 6.01. The summed E-state index contributed by atoms with van der Waals surface area (Å²) in [7, 11) is 0. The molecule has 108 valence electrons. The summed E-state index contributed by atoms with van der Waals surface area (Å²) in [5, 5.41) is 0. The molecule has 1 saturated carbocycles. The van der Waals surface area contributed by atoms with Gasteiger partial charge in [0.1, 0.15) is 5.82 Å². The molecule has 0 aliphatic heterocycles. The molecule has 0 atom stereocenters. The molecule has 2 aromatic rings. The van der Waals surface area contributed by atoms with Crippen LogP contribution >= 0.6 is 27.5 Å². The van der Waals surface area contributed by atoms with Crippen molar-refractivity contribution in [2.45, 2.75) is 44.2 Å². The van der Waals surface area contributed by atoms with E-state index in [1.54, 1.807) is 0 Å². The number of rotatable bonds is 5. The van der Waals surface area contributed by atoms with Crippen molar-refractivity contribution >= 4 is 38.6 Å². The van der Waals surface area contributed by atoms with Crippen molar-refractivity contribution in [2.75, 3.05) is 6.61 Å². The van der Waals surface area contributed by atoms with Gasteiger partial charge in [0.25, 0.3) is 0 Å². The van der Waals surface area contributed by atoms with E-state index >= 15 is 0 Å². The first-order chi connectivity index (χ1) is 9.78. The Kier molecular flexibility index (Phi) is 4.64. The molecule has 3 nitrogen and oxygen atoms in total. The molecule has 5 heteroatoms. The van der Waals surface area contributed by atoms with Gasteiger partial charge in [-0.2, -0.15) is 0 Å². The third kappa shape index (κ3) is 3.02. The van der Waals surface area contributed by atoms with Crippen LogP contribution in [0.1, 0.15) is 31.5 Å². The van der Waals surface area contributed by atoms with Gasteiger partial charge in [0.15, 0.2) is 0 Å². The zero-order valence-electron chi connectivity index (χ0n) is 11.3. The first kappa shape index (κ1) is 14.4. The SMILES string of the molecule is ClCc1nc2ccc(Br)cc2n1CCOC1CCCC1. The zero-order valence-corrected chi connectivity index (χ0v) is 13.7. The van der Waals surface area contributed by atoms with Gasteiger partial charge in [0.2, 0.25) is 0 Å². The van der Waals surface area contributed by atoms with E-state index in [1.165, 1.54) is 25.7 Å². The van der Waals surface area contributed by atoms with Crippen molar-refractivity contribution in [3.05, 3.63) is 28.5 Å². The molecule has 0 N–H and O–H groups in total. The van der Waals surface area contributed by atoms with Crippen LogP contribution in [0.2, 0.25) is 0 Å². The number of alkyl halides is 1. The van der Waals surface area contributed by atoms with E-state index in [0.717, 1.165) is 34.5 Å². The van der Waals surface area contributed by atoms with E-state index in [4.69, 9.17) is 16.3 Å². The van der Waals surface area contributed by atoms with Gasteiger partial charge in [-0.15, -0.1) is 11.6 Å². The van der Waals surface area contributed by atoms with Crippen LogP contribution < -0.4 is 0 Å². The molecule has 1 aliphatic carbocycles. The molecule has 0 spiro atoms. The Balaban J connectivity index is 1.76. The van der Waals surface area contributed by atoms with Crippen molar-refractivity contribution < 1.29 is 4.74 Å². The van der Waals surface area contributed by atoms with Crippen LogP contribution in [-0.4, -0.2) is 22.3 Å². The first-order valence-electron chi connectivity index (χ1n) is 7.10. The largest absolute Gasteiger partial charge is 0.376 e. The van der Waals surface area contributed by atoms with E-state index in [1.807, 2.05) is 12.1 Å². The molecule has 1 aromatic carbocycles. The molecule has 3 rings (SSSR count). The molecule has 0 unspecified atom stereocenters. The van der Waals surface area contributed by atoms with Gasteiger partial charge in [0, 0.05) is 11.0 Å². The fourth-order valence-corrected chi connectivity index (χ4v) is 3.42. The van der Waals surface area contributed by atoms with E-state index in [-0.39, 0.29) is 0 Å². The van der Waals surface area contributed by atoms with Crippen LogP contribution in [0.15, 0.2) is 22.7 Å². The second kappa shape index (κ2) is 6.46. The van der Waals surface area contributed by atoms with Crippen LogP contribution in [0.4, 0.5) is 0 Å². The normalized spacial score (nSPS) is 16.3. The molecule has 1 aliphatic rings. The zero-order chi connectivity index (χ0) is 13.9. The Hall–Kier alpha value is -0.580. The van der Waals surface area contributed by atoms with Crippen LogP contribution in [0, 0.1) is 0 Å². The minimum atomic E-state index is 0.426. The summed E-state index contributed by atoms with van der Waals surface area (Å²) >= 11 is 9.53. The molecule has 0 amide bonds. The Morgan fingerprint density at radius 2 is 2.15 bits per heavy atom. The third-order valence-corrected chi connectivity index (χ3v) is 4.61. The number of hydrogen-bond acceptors (Lipinski definition) is 2. The number of hydrogen-bond donors (Lipinski definition) is 0. The number of benzene rings is 1. The molecular formula is C15H18BrClN2O. The van der Waals surface area contributed by atoms with Gasteiger partial charge in [-0.25, -0.2) is 4.98 Å². The third-order valence-electron chi connectivity index (χ3n) is 3.88. The predicted octanol–water partition coefficient (Wildman–Crippen LogP) is 4.50. The fourth-order valence-electron chi connectivity index (χ4n) is 2.86. The summed E-state index contributed by atoms with van der Waals surface area (Å²) in [6.07, 6.45) is 5.48. The van der Waals surface area contributed by atoms with Crippen molar-refractivity contribution in [2.24, 2.45) is 0 Å². The van der Waals surface area contributed by atoms with Crippen LogP contribution in [0.3, 0.4) is 0 Å². The number of halogens is 2. The van der Waals surface area contributed by atoms with Gasteiger partial charge < -0.3 is 9.30 Å². The lowest BCUT2D eigenvalue weighted by Crippen LogP contribution is -2.14. The molecule has 1 fully saturated rings. The Morgan fingerprint density at radius 3 is 2.90 bits per heavy atom. The van der Waals surface area contributed by atoms with Gasteiger partial charge >= 0.3 is 0 Å². The lowest BCUT2D eigenvalue weighted by molar-refractivity contribution is 0.0532. The van der Waals surface area contributed by atoms with E-state index in [2.05, 4.69) is 31.5 Å². The average Bonchev–Trinajstić information content (AvgIpc) is 3.07. The fraction of sp³-hybridized carbons (Fsp3) is 0.533. The Labute approximate surface area is 132 Å². The summed E-state index contributed by atoms with van der Waals surface area (Å²) in [5.41, 5.74) is 2.11. The second-order valence-electron chi connectivity index (χ2n) is 5.22. The standard InChI is InChI=1S/C15H18BrClN2O/c16-11-5-6-13-14(9-11)19(15(10-17)18-13)7-8-20-12-3-1-2-4-12/h5-6,9,12H,1-4,7-8,10H2. The van der Waals surface area contributed by atoms with Crippen molar-refractivity contribution in [1.82, 2.24) is 9.55 Å². The highest BCUT2D eigenvalue weighted by molar-refractivity contribution is 9.10. The first-order valence-corrected chi connectivity index (χ1v) is 8.43. The summed E-state index contributed by atoms with van der Waals surface area (Å²) in [5.74, 6) is 1.34. The van der Waals surface area contributed by atoms with Gasteiger partial charge in [-0.3, -0.25) is 0 Å². The minimum absolute atomic E-state index is 0.426. The number of ether oxygens (including phenoxy) is 1. The van der Waals surface area contributed by atoms with Crippen LogP contribution in [-0.2, 0) is 17.2 Å². The molecule has 0 saturated heterocycles. The van der Waals surface area contributed by atoms with Gasteiger partial charge in [-0.1, -0.05) is 28.8 Å². The molecule has 1 heterocycles. The van der Waals surface area contributed by atoms with Crippen LogP contribution in [0.25, 0.3) is 11.0 Å². The summed E-state index contributed by atoms with van der Waals surface area (Å²) < 4.78 is 9.18. The second-order valence-corrected chi connectivity index (χ2v) is 6.41. The minimum Gasteiger partial charge on any atom is -0.376 e. The summed E-state index contributed by atoms with van der Waals surface area (Å²) in [6, 6.07) is 6.12. The van der Waals surface area contributed by atoms with E-state index in [9.17, 15) is 0 Å². The van der Waals surface area contributed by atoms with E-state index in [0.29, 0.717) is 12.0 Å². The summed E-state index contributed by atoms with van der Waals surface area (Å²) in [6.45, 7) is 1.54. The maximum absolute atomic E-state index is 6.01. The Morgan fingerprint density at radius 1 is 1.35 bits per heavy atom. The lowest BCUT2D eigenvalue weighted by atomic mass is 10.3. The highest BCUT2D eigenvalue weighted by Crippen LogP contribution is 2.23. The highest BCUT2D eigenvalue weighted by atomic mass is 79.9. The quantitative estimate of drug-likeness (QED) is 0.737. The highest BCUT2D eigenvalue weighted by Gasteiger charge is 2.16. The molecule has 0 bridgehead atoms. The van der Waals surface area contributed by atoms with Crippen molar-refractivity contribution in [1.29, 1.82) is 0 Å². The van der Waals surface area contributed by atoms with Gasteiger partial charge in [0.05, 0.1) is 29.6 Å². The molecule has 0 radical (unpaired) electrons. The number of aromatic nitrogens is 2. The van der Waals surface area contributed by atoms with E-state index < -0.39 is 0 Å². The van der Waals surface area contributed by atoms with Gasteiger partial charge in [-0.05, 0) is 31.0 Å². The lowest BCUT2D eigenvalue weighted by Gasteiger charge is -2.13. The Bertz CT molecular complexity index is 593. The van der Waals surface area contributed by atoms with Crippen LogP contribution in [0.5, 0.6) is 0 Å². The smallest absolute Gasteiger partial charge is 0.124 e. The molecular weight excluding hydrogens is 340 g/mol. The molecule has 20 heavy (non-hydrogen) atoms. The predicted molar refractivity (Wildman–Crippen MR) is 85.2 cm³/mol. The number of nitrogens with zero attached hydrogens (tertiary/aromatic N) is 2. The van der Waals surface area contributed by atoms with Crippen molar-refractivity contribution in [3.63, 3.8) is 0 Å². The maximum Gasteiger partial charge on any atom is 0.124 e. The monoisotopic (exact) mass is 356 g/mol. The molecule has 1 aromatic heterocycles. The number of fused-ring (bicyclic) bond motifs is 1. The topological polar surface area (TPSA) is 27.1 Å².